The van der Waals surface area contributed by atoms with Crippen LogP contribution in [0.2, 0.25) is 10.0 Å². The highest BCUT2D eigenvalue weighted by Crippen LogP contribution is 2.41. The molecule has 0 radical (unpaired) electrons. The van der Waals surface area contributed by atoms with Gasteiger partial charge < -0.3 is 14.8 Å². The monoisotopic (exact) mass is 483 g/mol. The highest BCUT2D eigenvalue weighted by atomic mass is 79.9. The Balaban J connectivity index is 1.67. The van der Waals surface area contributed by atoms with E-state index in [-0.39, 0.29) is 11.9 Å². The molecular formula is C21H20BrCl2NO3. The van der Waals surface area contributed by atoms with Crippen LogP contribution in [0.5, 0.6) is 5.75 Å². The summed E-state index contributed by atoms with van der Waals surface area (Å²) >= 11 is 16.1. The molecule has 0 aliphatic carbocycles. The minimum Gasteiger partial charge on any atom is -0.493 e. The van der Waals surface area contributed by atoms with Crippen molar-refractivity contribution in [3.8, 4) is 5.75 Å². The Labute approximate surface area is 182 Å². The Hall–Kier alpha value is -1.27. The Kier molecular flexibility index (Phi) is 5.88. The second-order valence-electron chi connectivity index (χ2n) is 7.16. The highest BCUT2D eigenvalue weighted by molar-refractivity contribution is 9.10. The fourth-order valence-corrected chi connectivity index (χ4v) is 5.00. The molecule has 148 valence electrons. The van der Waals surface area contributed by atoms with Crippen LogP contribution in [0.1, 0.15) is 36.4 Å². The Morgan fingerprint density at radius 2 is 1.89 bits per heavy atom. The first-order chi connectivity index (χ1) is 13.5. The topological polar surface area (TPSA) is 47.6 Å². The smallest absolute Gasteiger partial charge is 0.231 e. The first kappa shape index (κ1) is 20.0. The van der Waals surface area contributed by atoms with E-state index in [0.717, 1.165) is 27.8 Å². The first-order valence-corrected chi connectivity index (χ1v) is 10.8. The van der Waals surface area contributed by atoms with E-state index in [9.17, 15) is 4.79 Å². The second kappa shape index (κ2) is 8.23. The van der Waals surface area contributed by atoms with Crippen LogP contribution in [0.3, 0.4) is 0 Å². The molecule has 1 fully saturated rings. The molecule has 0 bridgehead atoms. The van der Waals surface area contributed by atoms with Gasteiger partial charge in [0.05, 0.1) is 18.1 Å². The lowest BCUT2D eigenvalue weighted by Gasteiger charge is -2.38. The molecular weight excluding hydrogens is 465 g/mol. The molecule has 1 N–H and O–H groups in total. The van der Waals surface area contributed by atoms with E-state index in [2.05, 4.69) is 21.2 Å². The molecule has 2 aliphatic rings. The van der Waals surface area contributed by atoms with E-state index in [4.69, 9.17) is 32.7 Å². The number of ether oxygens (including phenoxy) is 2. The van der Waals surface area contributed by atoms with Gasteiger partial charge in [-0.05, 0) is 48.7 Å². The van der Waals surface area contributed by atoms with Crippen molar-refractivity contribution in [2.24, 2.45) is 0 Å². The van der Waals surface area contributed by atoms with Gasteiger partial charge in [-0.25, -0.2) is 0 Å². The van der Waals surface area contributed by atoms with Gasteiger partial charge in [-0.3, -0.25) is 4.79 Å². The molecule has 2 aliphatic heterocycles. The van der Waals surface area contributed by atoms with Crippen molar-refractivity contribution < 1.29 is 14.3 Å². The molecule has 2 heterocycles. The fraction of sp³-hybridized carbons (Fsp3) is 0.381. The molecule has 1 unspecified atom stereocenters. The quantitative estimate of drug-likeness (QED) is 0.630. The number of hydrogen-bond acceptors (Lipinski definition) is 3. The third-order valence-electron chi connectivity index (χ3n) is 5.54. The summed E-state index contributed by atoms with van der Waals surface area (Å²) in [6.07, 6.45) is 1.87. The minimum absolute atomic E-state index is 0.0298. The zero-order valence-corrected chi connectivity index (χ0v) is 18.2. The minimum atomic E-state index is -0.732. The zero-order chi connectivity index (χ0) is 19.7. The van der Waals surface area contributed by atoms with Crippen molar-refractivity contribution in [1.82, 2.24) is 5.32 Å². The molecule has 0 saturated carbocycles. The molecule has 28 heavy (non-hydrogen) atoms. The number of fused-ring (bicyclic) bond motifs is 1. The number of benzene rings is 2. The second-order valence-corrected chi connectivity index (χ2v) is 8.92. The number of carbonyl (C=O) groups excluding carboxylic acids is 1. The van der Waals surface area contributed by atoms with Crippen LogP contribution >= 0.6 is 39.1 Å². The lowest BCUT2D eigenvalue weighted by molar-refractivity contribution is -0.131. The summed E-state index contributed by atoms with van der Waals surface area (Å²) in [5.74, 6) is 0.781. The number of halogens is 3. The molecule has 2 aromatic rings. The third-order valence-corrected chi connectivity index (χ3v) is 6.59. The van der Waals surface area contributed by atoms with Gasteiger partial charge in [0, 0.05) is 39.7 Å². The van der Waals surface area contributed by atoms with Crippen LogP contribution in [-0.4, -0.2) is 25.7 Å². The van der Waals surface area contributed by atoms with Crippen molar-refractivity contribution >= 4 is 45.0 Å². The van der Waals surface area contributed by atoms with E-state index in [1.165, 1.54) is 0 Å². The summed E-state index contributed by atoms with van der Waals surface area (Å²) in [4.78, 5) is 13.6. The summed E-state index contributed by atoms with van der Waals surface area (Å²) in [5, 5.41) is 4.33. The molecule has 2 aromatic carbocycles. The summed E-state index contributed by atoms with van der Waals surface area (Å²) in [6, 6.07) is 11.1. The average molecular weight is 485 g/mol. The molecule has 1 atom stereocenters. The Morgan fingerprint density at radius 3 is 2.64 bits per heavy atom. The van der Waals surface area contributed by atoms with Crippen LogP contribution in [-0.2, 0) is 14.9 Å². The van der Waals surface area contributed by atoms with Gasteiger partial charge in [0.1, 0.15) is 5.75 Å². The van der Waals surface area contributed by atoms with Crippen molar-refractivity contribution in [2.75, 3.05) is 19.8 Å². The third kappa shape index (κ3) is 3.78. The lowest BCUT2D eigenvalue weighted by Crippen LogP contribution is -2.49. The molecule has 0 aromatic heterocycles. The lowest BCUT2D eigenvalue weighted by atomic mass is 9.73. The van der Waals surface area contributed by atoms with Crippen molar-refractivity contribution in [1.29, 1.82) is 0 Å². The summed E-state index contributed by atoms with van der Waals surface area (Å²) in [6.45, 7) is 1.60. The van der Waals surface area contributed by atoms with E-state index < -0.39 is 5.41 Å². The van der Waals surface area contributed by atoms with Crippen LogP contribution in [0.4, 0.5) is 0 Å². The van der Waals surface area contributed by atoms with Gasteiger partial charge in [0.25, 0.3) is 0 Å². The number of amides is 1. The SMILES string of the molecule is O=C(NC1CCOc2ccc(Br)cc21)C1(c2ccc(Cl)cc2Cl)CCOCC1. The maximum absolute atomic E-state index is 13.6. The van der Waals surface area contributed by atoms with Crippen LogP contribution in [0, 0.1) is 0 Å². The van der Waals surface area contributed by atoms with Crippen LogP contribution in [0.15, 0.2) is 40.9 Å². The van der Waals surface area contributed by atoms with Gasteiger partial charge in [0.2, 0.25) is 5.91 Å². The summed E-state index contributed by atoms with van der Waals surface area (Å²) in [5.41, 5.74) is 1.06. The van der Waals surface area contributed by atoms with Crippen molar-refractivity contribution in [3.63, 3.8) is 0 Å². The number of carbonyl (C=O) groups is 1. The molecule has 1 saturated heterocycles. The predicted octanol–water partition coefficient (Wildman–Crippen LogP) is 5.44. The molecule has 7 heteroatoms. The maximum Gasteiger partial charge on any atom is 0.231 e. The molecule has 0 spiro atoms. The van der Waals surface area contributed by atoms with Crippen LogP contribution < -0.4 is 10.1 Å². The number of nitrogens with one attached hydrogen (secondary N) is 1. The molecule has 4 nitrogen and oxygen atoms in total. The fourth-order valence-electron chi connectivity index (χ4n) is 4.03. The number of rotatable bonds is 3. The summed E-state index contributed by atoms with van der Waals surface area (Å²) < 4.78 is 12.3. The van der Waals surface area contributed by atoms with Gasteiger partial charge in [-0.15, -0.1) is 0 Å². The molecule has 4 rings (SSSR count). The number of hydrogen-bond donors (Lipinski definition) is 1. The van der Waals surface area contributed by atoms with Gasteiger partial charge >= 0.3 is 0 Å². The molecule has 1 amide bonds. The first-order valence-electron chi connectivity index (χ1n) is 9.26. The van der Waals surface area contributed by atoms with Crippen LogP contribution in [0.25, 0.3) is 0 Å². The maximum atomic E-state index is 13.6. The normalized spacial score (nSPS) is 20.8. The zero-order valence-electron chi connectivity index (χ0n) is 15.1. The average Bonchev–Trinajstić information content (AvgIpc) is 2.69. The van der Waals surface area contributed by atoms with E-state index in [1.807, 2.05) is 24.3 Å². The Morgan fingerprint density at radius 1 is 1.11 bits per heavy atom. The van der Waals surface area contributed by atoms with Gasteiger partial charge in [-0.1, -0.05) is 45.2 Å². The van der Waals surface area contributed by atoms with Gasteiger partial charge in [-0.2, -0.15) is 0 Å². The summed E-state index contributed by atoms with van der Waals surface area (Å²) in [7, 11) is 0. The predicted molar refractivity (Wildman–Crippen MR) is 113 cm³/mol. The van der Waals surface area contributed by atoms with Crippen molar-refractivity contribution in [3.05, 3.63) is 62.0 Å². The Bertz CT molecular complexity index is 899. The van der Waals surface area contributed by atoms with Crippen molar-refractivity contribution in [2.45, 2.75) is 30.7 Å². The van der Waals surface area contributed by atoms with E-state index in [1.54, 1.807) is 12.1 Å². The van der Waals surface area contributed by atoms with E-state index >= 15 is 0 Å². The van der Waals surface area contributed by atoms with E-state index in [0.29, 0.717) is 42.7 Å². The van der Waals surface area contributed by atoms with Gasteiger partial charge in [0.15, 0.2) is 0 Å². The highest BCUT2D eigenvalue weighted by Gasteiger charge is 2.44. The standard InChI is InChI=1S/C21H20BrCl2NO3/c22-13-1-4-19-15(11-13)18(5-8-28-19)25-20(26)21(6-9-27-10-7-21)16-3-2-14(23)12-17(16)24/h1-4,11-12,18H,5-10H2,(H,25,26). The largest absolute Gasteiger partial charge is 0.493 e.